The SMILES string of the molecule is CC(C)(CCN)CNc1ncccc1C(F)(F)F. The summed E-state index contributed by atoms with van der Waals surface area (Å²) in [5.41, 5.74) is 4.55. The summed E-state index contributed by atoms with van der Waals surface area (Å²) in [5, 5.41) is 2.76. The average molecular weight is 261 g/mol. The lowest BCUT2D eigenvalue weighted by atomic mass is 9.89. The van der Waals surface area contributed by atoms with E-state index < -0.39 is 11.7 Å². The molecule has 0 aromatic carbocycles. The van der Waals surface area contributed by atoms with Gasteiger partial charge in [0.1, 0.15) is 5.82 Å². The number of alkyl halides is 3. The number of nitrogens with two attached hydrogens (primary N) is 1. The molecular weight excluding hydrogens is 243 g/mol. The smallest absolute Gasteiger partial charge is 0.369 e. The second-order valence-electron chi connectivity index (χ2n) is 4.95. The Kier molecular flexibility index (Phi) is 4.56. The maximum absolute atomic E-state index is 12.7. The van der Waals surface area contributed by atoms with E-state index in [0.717, 1.165) is 12.5 Å². The summed E-state index contributed by atoms with van der Waals surface area (Å²) < 4.78 is 38.1. The predicted octanol–water partition coefficient (Wildman–Crippen LogP) is 2.89. The molecule has 0 radical (unpaired) electrons. The van der Waals surface area contributed by atoms with Crippen molar-refractivity contribution in [2.75, 3.05) is 18.4 Å². The van der Waals surface area contributed by atoms with E-state index in [1.807, 2.05) is 13.8 Å². The molecule has 6 heteroatoms. The molecule has 0 aliphatic carbocycles. The van der Waals surface area contributed by atoms with Crippen LogP contribution in [0, 0.1) is 5.41 Å². The number of rotatable bonds is 5. The van der Waals surface area contributed by atoms with Crippen LogP contribution in [0.1, 0.15) is 25.8 Å². The monoisotopic (exact) mass is 261 g/mol. The summed E-state index contributed by atoms with van der Waals surface area (Å²) in [6, 6.07) is 2.30. The van der Waals surface area contributed by atoms with Crippen molar-refractivity contribution in [3.8, 4) is 0 Å². The van der Waals surface area contributed by atoms with Crippen molar-refractivity contribution >= 4 is 5.82 Å². The number of nitrogens with zero attached hydrogens (tertiary/aromatic N) is 1. The molecule has 102 valence electrons. The fourth-order valence-corrected chi connectivity index (χ4v) is 1.58. The second kappa shape index (κ2) is 5.56. The van der Waals surface area contributed by atoms with Gasteiger partial charge >= 0.3 is 6.18 Å². The number of hydrogen-bond donors (Lipinski definition) is 2. The molecular formula is C12H18F3N3. The highest BCUT2D eigenvalue weighted by atomic mass is 19.4. The van der Waals surface area contributed by atoms with Gasteiger partial charge in [-0.05, 0) is 30.5 Å². The molecule has 1 aromatic rings. The highest BCUT2D eigenvalue weighted by Gasteiger charge is 2.34. The summed E-state index contributed by atoms with van der Waals surface area (Å²) in [7, 11) is 0. The molecule has 0 saturated carbocycles. The summed E-state index contributed by atoms with van der Waals surface area (Å²) >= 11 is 0. The lowest BCUT2D eigenvalue weighted by Crippen LogP contribution is -2.27. The van der Waals surface area contributed by atoms with E-state index in [2.05, 4.69) is 10.3 Å². The molecule has 3 N–H and O–H groups in total. The van der Waals surface area contributed by atoms with Crippen LogP contribution in [0.2, 0.25) is 0 Å². The zero-order chi connectivity index (χ0) is 13.8. The standard InChI is InChI=1S/C12H18F3N3/c1-11(2,5-6-16)8-18-10-9(12(13,14)15)4-3-7-17-10/h3-4,7H,5-6,8,16H2,1-2H3,(H,17,18). The van der Waals surface area contributed by atoms with Crippen molar-refractivity contribution in [3.05, 3.63) is 23.9 Å². The van der Waals surface area contributed by atoms with Crippen LogP contribution >= 0.6 is 0 Å². The van der Waals surface area contributed by atoms with Crippen molar-refractivity contribution in [1.82, 2.24) is 4.98 Å². The molecule has 0 bridgehead atoms. The van der Waals surface area contributed by atoms with Crippen LogP contribution in [0.15, 0.2) is 18.3 Å². The predicted molar refractivity (Wildman–Crippen MR) is 65.2 cm³/mol. The van der Waals surface area contributed by atoms with Gasteiger partial charge < -0.3 is 11.1 Å². The van der Waals surface area contributed by atoms with Crippen molar-refractivity contribution in [1.29, 1.82) is 0 Å². The quantitative estimate of drug-likeness (QED) is 0.857. The van der Waals surface area contributed by atoms with Crippen molar-refractivity contribution in [3.63, 3.8) is 0 Å². The van der Waals surface area contributed by atoms with E-state index in [9.17, 15) is 13.2 Å². The van der Waals surface area contributed by atoms with Gasteiger partial charge in [0.15, 0.2) is 0 Å². The maximum atomic E-state index is 12.7. The fourth-order valence-electron chi connectivity index (χ4n) is 1.58. The third kappa shape index (κ3) is 4.18. The maximum Gasteiger partial charge on any atom is 0.419 e. The molecule has 1 rings (SSSR count). The van der Waals surface area contributed by atoms with Crippen molar-refractivity contribution in [2.24, 2.45) is 11.1 Å². The lowest BCUT2D eigenvalue weighted by molar-refractivity contribution is -0.137. The Morgan fingerprint density at radius 3 is 2.56 bits per heavy atom. The Morgan fingerprint density at radius 2 is 2.00 bits per heavy atom. The number of pyridine rings is 1. The molecule has 0 saturated heterocycles. The van der Waals surface area contributed by atoms with E-state index in [1.165, 1.54) is 12.3 Å². The molecule has 18 heavy (non-hydrogen) atoms. The number of aromatic nitrogens is 1. The first-order valence-electron chi connectivity index (χ1n) is 5.72. The minimum atomic E-state index is -4.39. The van der Waals surface area contributed by atoms with Crippen LogP contribution in [0.5, 0.6) is 0 Å². The summed E-state index contributed by atoms with van der Waals surface area (Å²) in [6.45, 7) is 4.79. The fraction of sp³-hybridized carbons (Fsp3) is 0.583. The molecule has 1 heterocycles. The Balaban J connectivity index is 2.80. The van der Waals surface area contributed by atoms with Gasteiger partial charge in [0.25, 0.3) is 0 Å². The van der Waals surface area contributed by atoms with Crippen LogP contribution in [-0.2, 0) is 6.18 Å². The summed E-state index contributed by atoms with van der Waals surface area (Å²) in [6.07, 6.45) is -2.32. The zero-order valence-corrected chi connectivity index (χ0v) is 10.5. The highest BCUT2D eigenvalue weighted by Crippen LogP contribution is 2.33. The minimum absolute atomic E-state index is 0.130. The van der Waals surface area contributed by atoms with E-state index in [-0.39, 0.29) is 11.2 Å². The third-order valence-electron chi connectivity index (χ3n) is 2.67. The lowest BCUT2D eigenvalue weighted by Gasteiger charge is -2.25. The number of nitrogens with one attached hydrogen (secondary N) is 1. The van der Waals surface area contributed by atoms with E-state index >= 15 is 0 Å². The molecule has 1 aromatic heterocycles. The van der Waals surface area contributed by atoms with Gasteiger partial charge in [-0.15, -0.1) is 0 Å². The Bertz CT molecular complexity index is 388. The van der Waals surface area contributed by atoms with Crippen molar-refractivity contribution in [2.45, 2.75) is 26.4 Å². The van der Waals surface area contributed by atoms with Crippen LogP contribution in [0.4, 0.5) is 19.0 Å². The van der Waals surface area contributed by atoms with Gasteiger partial charge in [-0.3, -0.25) is 0 Å². The van der Waals surface area contributed by atoms with Crippen molar-refractivity contribution < 1.29 is 13.2 Å². The minimum Gasteiger partial charge on any atom is -0.369 e. The van der Waals surface area contributed by atoms with Crippen LogP contribution in [0.25, 0.3) is 0 Å². The molecule has 0 atom stereocenters. The second-order valence-corrected chi connectivity index (χ2v) is 4.95. The van der Waals surface area contributed by atoms with Crippen LogP contribution in [0.3, 0.4) is 0 Å². The molecule has 0 fully saturated rings. The van der Waals surface area contributed by atoms with Gasteiger partial charge in [0, 0.05) is 12.7 Å². The first-order chi connectivity index (χ1) is 8.26. The molecule has 0 unspecified atom stereocenters. The van der Waals surface area contributed by atoms with Gasteiger partial charge in [0.2, 0.25) is 0 Å². The molecule has 0 amide bonds. The largest absolute Gasteiger partial charge is 0.419 e. The average Bonchev–Trinajstić information content (AvgIpc) is 2.26. The van der Waals surface area contributed by atoms with Gasteiger partial charge in [-0.1, -0.05) is 13.8 Å². The number of anilines is 1. The van der Waals surface area contributed by atoms with E-state index in [4.69, 9.17) is 5.73 Å². The van der Waals surface area contributed by atoms with Crippen LogP contribution in [-0.4, -0.2) is 18.1 Å². The highest BCUT2D eigenvalue weighted by molar-refractivity contribution is 5.45. The number of halogens is 3. The zero-order valence-electron chi connectivity index (χ0n) is 10.5. The van der Waals surface area contributed by atoms with Crippen LogP contribution < -0.4 is 11.1 Å². The van der Waals surface area contributed by atoms with E-state index in [1.54, 1.807) is 0 Å². The van der Waals surface area contributed by atoms with E-state index in [0.29, 0.717) is 13.1 Å². The first kappa shape index (κ1) is 14.8. The summed E-state index contributed by atoms with van der Waals surface area (Å²) in [5.74, 6) is -0.130. The topological polar surface area (TPSA) is 50.9 Å². The molecule has 3 nitrogen and oxygen atoms in total. The molecule has 0 aliphatic rings. The molecule has 0 spiro atoms. The van der Waals surface area contributed by atoms with Gasteiger partial charge in [-0.2, -0.15) is 13.2 Å². The first-order valence-corrected chi connectivity index (χ1v) is 5.72. The van der Waals surface area contributed by atoms with Gasteiger partial charge in [0.05, 0.1) is 5.56 Å². The normalized spacial score (nSPS) is 12.6. The third-order valence-corrected chi connectivity index (χ3v) is 2.67. The van der Waals surface area contributed by atoms with Gasteiger partial charge in [-0.25, -0.2) is 4.98 Å². The Hall–Kier alpha value is -1.30. The number of hydrogen-bond acceptors (Lipinski definition) is 3. The Morgan fingerprint density at radius 1 is 1.33 bits per heavy atom. The Labute approximate surface area is 105 Å². The molecule has 0 aliphatic heterocycles. The summed E-state index contributed by atoms with van der Waals surface area (Å²) in [4.78, 5) is 3.75.